The van der Waals surface area contributed by atoms with Gasteiger partial charge in [-0.15, -0.1) is 0 Å². The van der Waals surface area contributed by atoms with Crippen molar-refractivity contribution >= 4 is 11.8 Å². The van der Waals surface area contributed by atoms with Gasteiger partial charge in [-0.2, -0.15) is 0 Å². The fraction of sp³-hybridized carbons (Fsp3) is 0.368. The zero-order chi connectivity index (χ0) is 18.4. The smallest absolute Gasteiger partial charge is 0.225 e. The van der Waals surface area contributed by atoms with Crippen LogP contribution in [0.2, 0.25) is 0 Å². The summed E-state index contributed by atoms with van der Waals surface area (Å²) < 4.78 is 16.0. The zero-order valence-corrected chi connectivity index (χ0v) is 14.6. The Morgan fingerprint density at radius 2 is 2.15 bits per heavy atom. The molecule has 26 heavy (non-hydrogen) atoms. The molecule has 138 valence electrons. The molecule has 2 aromatic rings. The minimum Gasteiger partial charge on any atom is -0.497 e. The van der Waals surface area contributed by atoms with Gasteiger partial charge in [0, 0.05) is 19.0 Å². The Labute approximate surface area is 151 Å². The molecule has 1 N–H and O–H groups in total. The summed E-state index contributed by atoms with van der Waals surface area (Å²) in [6, 6.07) is 10.9. The normalized spacial score (nSPS) is 16.6. The van der Waals surface area contributed by atoms with Gasteiger partial charge in [0.05, 0.1) is 32.4 Å². The zero-order valence-electron chi connectivity index (χ0n) is 14.6. The highest BCUT2D eigenvalue weighted by atomic mass is 16.5. The lowest BCUT2D eigenvalue weighted by molar-refractivity contribution is -0.129. The van der Waals surface area contributed by atoms with Crippen LogP contribution in [0.3, 0.4) is 0 Å². The monoisotopic (exact) mass is 358 g/mol. The summed E-state index contributed by atoms with van der Waals surface area (Å²) in [4.78, 5) is 26.0. The first-order valence-electron chi connectivity index (χ1n) is 8.50. The van der Waals surface area contributed by atoms with Crippen molar-refractivity contribution in [1.82, 2.24) is 10.2 Å². The quantitative estimate of drug-likeness (QED) is 0.728. The van der Waals surface area contributed by atoms with Crippen LogP contribution in [-0.4, -0.2) is 43.5 Å². The summed E-state index contributed by atoms with van der Waals surface area (Å²) in [7, 11) is 1.59. The molecule has 1 aliphatic heterocycles. The Kier molecular flexibility index (Phi) is 5.78. The van der Waals surface area contributed by atoms with Gasteiger partial charge in [-0.3, -0.25) is 9.59 Å². The summed E-state index contributed by atoms with van der Waals surface area (Å²) in [6.45, 7) is 1.52. The topological polar surface area (TPSA) is 81.0 Å². The van der Waals surface area contributed by atoms with Crippen molar-refractivity contribution in [2.45, 2.75) is 13.0 Å². The Morgan fingerprint density at radius 1 is 1.31 bits per heavy atom. The van der Waals surface area contributed by atoms with E-state index >= 15 is 0 Å². The molecule has 0 aliphatic carbocycles. The van der Waals surface area contributed by atoms with Gasteiger partial charge in [0.25, 0.3) is 0 Å². The number of rotatable bonds is 8. The number of nitrogens with one attached hydrogen (secondary N) is 1. The third-order valence-corrected chi connectivity index (χ3v) is 4.22. The summed E-state index contributed by atoms with van der Waals surface area (Å²) in [5.74, 6) is 1.61. The van der Waals surface area contributed by atoms with Crippen molar-refractivity contribution in [3.8, 4) is 11.5 Å². The van der Waals surface area contributed by atoms with E-state index in [1.165, 1.54) is 0 Å². The average Bonchev–Trinajstić information content (AvgIpc) is 3.29. The molecule has 7 heteroatoms. The fourth-order valence-electron chi connectivity index (χ4n) is 2.87. The molecule has 3 rings (SSSR count). The molecule has 0 spiro atoms. The van der Waals surface area contributed by atoms with Gasteiger partial charge in [0.1, 0.15) is 23.9 Å². The number of benzene rings is 1. The fourth-order valence-corrected chi connectivity index (χ4v) is 2.87. The molecule has 2 amide bonds. The van der Waals surface area contributed by atoms with Crippen molar-refractivity contribution in [3.63, 3.8) is 0 Å². The molecule has 0 bridgehead atoms. The van der Waals surface area contributed by atoms with Gasteiger partial charge >= 0.3 is 0 Å². The van der Waals surface area contributed by atoms with Gasteiger partial charge in [-0.05, 0) is 24.3 Å². The average molecular weight is 358 g/mol. The molecule has 1 atom stereocenters. The number of carbonyl (C=O) groups excluding carboxylic acids is 2. The number of hydrogen-bond acceptors (Lipinski definition) is 5. The van der Waals surface area contributed by atoms with E-state index in [0.717, 1.165) is 0 Å². The molecule has 1 aromatic carbocycles. The van der Waals surface area contributed by atoms with Crippen molar-refractivity contribution in [2.75, 3.05) is 26.8 Å². The second kappa shape index (κ2) is 8.42. The Balaban J connectivity index is 1.40. The van der Waals surface area contributed by atoms with Gasteiger partial charge in [0.15, 0.2) is 0 Å². The molecule has 0 saturated carbocycles. The number of methoxy groups -OCH3 is 1. The van der Waals surface area contributed by atoms with Crippen LogP contribution in [0.25, 0.3) is 0 Å². The van der Waals surface area contributed by atoms with E-state index in [1.54, 1.807) is 30.4 Å². The van der Waals surface area contributed by atoms with Crippen molar-refractivity contribution in [3.05, 3.63) is 48.4 Å². The lowest BCUT2D eigenvalue weighted by Crippen LogP contribution is -2.35. The predicted molar refractivity (Wildman–Crippen MR) is 93.7 cm³/mol. The first kappa shape index (κ1) is 17.8. The van der Waals surface area contributed by atoms with Gasteiger partial charge in [-0.1, -0.05) is 6.07 Å². The highest BCUT2D eigenvalue weighted by Crippen LogP contribution is 2.21. The molecule has 1 unspecified atom stereocenters. The highest BCUT2D eigenvalue weighted by Gasteiger charge is 2.34. The number of furan rings is 1. The standard InChI is InChI=1S/C19H22N2O5/c1-24-15-4-2-5-16(11-15)26-9-7-20-19(23)14-10-18(22)21(12-14)13-17-6-3-8-25-17/h2-6,8,11,14H,7,9-10,12-13H2,1H3,(H,20,23). The van der Waals surface area contributed by atoms with Crippen LogP contribution in [0.1, 0.15) is 12.2 Å². The van der Waals surface area contributed by atoms with Crippen LogP contribution in [0.4, 0.5) is 0 Å². The third-order valence-electron chi connectivity index (χ3n) is 4.22. The number of nitrogens with zero attached hydrogens (tertiary/aromatic N) is 1. The van der Waals surface area contributed by atoms with Crippen LogP contribution in [0.15, 0.2) is 47.1 Å². The van der Waals surface area contributed by atoms with Crippen LogP contribution >= 0.6 is 0 Å². The number of ether oxygens (including phenoxy) is 2. The summed E-state index contributed by atoms with van der Waals surface area (Å²) in [6.07, 6.45) is 1.80. The number of carbonyl (C=O) groups is 2. The molecule has 0 radical (unpaired) electrons. The molecule has 1 fully saturated rings. The lowest BCUT2D eigenvalue weighted by Gasteiger charge is -2.15. The maximum Gasteiger partial charge on any atom is 0.225 e. The molecule has 1 saturated heterocycles. The molecule has 1 aliphatic rings. The van der Waals surface area contributed by atoms with Crippen LogP contribution in [0, 0.1) is 5.92 Å². The SMILES string of the molecule is COc1cccc(OCCNC(=O)C2CC(=O)N(Cc3ccco3)C2)c1. The first-order chi connectivity index (χ1) is 12.7. The molecular weight excluding hydrogens is 336 g/mol. The second-order valence-electron chi connectivity index (χ2n) is 6.07. The number of likely N-dealkylation sites (tertiary alicyclic amines) is 1. The first-order valence-corrected chi connectivity index (χ1v) is 8.50. The van der Waals surface area contributed by atoms with Crippen molar-refractivity contribution in [2.24, 2.45) is 5.92 Å². The predicted octanol–water partition coefficient (Wildman–Crippen LogP) is 1.83. The van der Waals surface area contributed by atoms with E-state index in [0.29, 0.717) is 43.5 Å². The minimum absolute atomic E-state index is 0.0332. The molecular formula is C19H22N2O5. The van der Waals surface area contributed by atoms with Crippen molar-refractivity contribution < 1.29 is 23.5 Å². The minimum atomic E-state index is -0.339. The van der Waals surface area contributed by atoms with E-state index in [-0.39, 0.29) is 24.2 Å². The maximum absolute atomic E-state index is 12.3. The third kappa shape index (κ3) is 4.56. The maximum atomic E-state index is 12.3. The van der Waals surface area contributed by atoms with Gasteiger partial charge < -0.3 is 24.1 Å². The molecule has 7 nitrogen and oxygen atoms in total. The van der Waals surface area contributed by atoms with Crippen LogP contribution in [-0.2, 0) is 16.1 Å². The van der Waals surface area contributed by atoms with E-state index < -0.39 is 0 Å². The number of hydrogen-bond donors (Lipinski definition) is 1. The Bertz CT molecular complexity index is 744. The summed E-state index contributed by atoms with van der Waals surface area (Å²) >= 11 is 0. The van der Waals surface area contributed by atoms with Gasteiger partial charge in [0.2, 0.25) is 11.8 Å². The summed E-state index contributed by atoms with van der Waals surface area (Å²) in [5, 5.41) is 2.83. The lowest BCUT2D eigenvalue weighted by atomic mass is 10.1. The largest absolute Gasteiger partial charge is 0.497 e. The Hall–Kier alpha value is -2.96. The molecule has 2 heterocycles. The van der Waals surface area contributed by atoms with E-state index in [4.69, 9.17) is 13.9 Å². The van der Waals surface area contributed by atoms with E-state index in [1.807, 2.05) is 24.3 Å². The second-order valence-corrected chi connectivity index (χ2v) is 6.07. The van der Waals surface area contributed by atoms with E-state index in [9.17, 15) is 9.59 Å². The number of amides is 2. The van der Waals surface area contributed by atoms with Crippen LogP contribution in [0.5, 0.6) is 11.5 Å². The molecule has 1 aromatic heterocycles. The van der Waals surface area contributed by atoms with Crippen molar-refractivity contribution in [1.29, 1.82) is 0 Å². The summed E-state index contributed by atoms with van der Waals surface area (Å²) in [5.41, 5.74) is 0. The highest BCUT2D eigenvalue weighted by molar-refractivity contribution is 5.89. The van der Waals surface area contributed by atoms with E-state index in [2.05, 4.69) is 5.32 Å². The van der Waals surface area contributed by atoms with Crippen LogP contribution < -0.4 is 14.8 Å². The van der Waals surface area contributed by atoms with Gasteiger partial charge in [-0.25, -0.2) is 0 Å². The Morgan fingerprint density at radius 3 is 2.92 bits per heavy atom.